The summed E-state index contributed by atoms with van der Waals surface area (Å²) in [6.45, 7) is 4.32. The Morgan fingerprint density at radius 1 is 1.21 bits per heavy atom. The molecular formula is C15H18ClN2O+. The van der Waals surface area contributed by atoms with E-state index in [2.05, 4.69) is 10.3 Å². The average molecular weight is 278 g/mol. The van der Waals surface area contributed by atoms with Crippen molar-refractivity contribution >= 4 is 11.6 Å². The fraction of sp³-hybridized carbons (Fsp3) is 0.267. The molecular weight excluding hydrogens is 260 g/mol. The number of benzene rings is 1. The predicted molar refractivity (Wildman–Crippen MR) is 76.2 cm³/mol. The van der Waals surface area contributed by atoms with Crippen LogP contribution in [0.4, 0.5) is 0 Å². The Hall–Kier alpha value is -1.58. The molecule has 2 rings (SSSR count). The van der Waals surface area contributed by atoms with Crippen molar-refractivity contribution in [3.63, 3.8) is 0 Å². The van der Waals surface area contributed by atoms with Crippen LogP contribution in [0.15, 0.2) is 42.6 Å². The molecule has 2 N–H and O–H groups in total. The van der Waals surface area contributed by atoms with E-state index in [-0.39, 0.29) is 0 Å². The number of quaternary nitrogens is 1. The Bertz CT molecular complexity index is 517. The maximum absolute atomic E-state index is 6.03. The minimum absolute atomic E-state index is 0.662. The van der Waals surface area contributed by atoms with Gasteiger partial charge in [-0.2, -0.15) is 0 Å². The third kappa shape index (κ3) is 4.23. The normalized spacial score (nSPS) is 10.4. The lowest BCUT2D eigenvalue weighted by molar-refractivity contribution is -0.686. The molecule has 3 nitrogen and oxygen atoms in total. The summed E-state index contributed by atoms with van der Waals surface area (Å²) in [5.41, 5.74) is 2.19. The molecule has 0 aliphatic carbocycles. The Morgan fingerprint density at radius 3 is 2.84 bits per heavy atom. The van der Waals surface area contributed by atoms with Crippen molar-refractivity contribution in [1.82, 2.24) is 4.98 Å². The van der Waals surface area contributed by atoms with Crippen molar-refractivity contribution in [3.8, 4) is 5.75 Å². The summed E-state index contributed by atoms with van der Waals surface area (Å²) >= 11 is 6.03. The van der Waals surface area contributed by atoms with Crippen LogP contribution in [0.5, 0.6) is 5.75 Å². The molecule has 1 heterocycles. The molecule has 0 spiro atoms. The molecule has 0 fully saturated rings. The van der Waals surface area contributed by atoms with Crippen molar-refractivity contribution < 1.29 is 10.1 Å². The van der Waals surface area contributed by atoms with Gasteiger partial charge in [-0.05, 0) is 37.3 Å². The van der Waals surface area contributed by atoms with Gasteiger partial charge in [-0.25, -0.2) is 0 Å². The van der Waals surface area contributed by atoms with Crippen molar-refractivity contribution in [2.75, 3.05) is 6.61 Å². The summed E-state index contributed by atoms with van der Waals surface area (Å²) in [5, 5.41) is 2.93. The minimum Gasteiger partial charge on any atom is -0.493 e. The van der Waals surface area contributed by atoms with E-state index >= 15 is 0 Å². The minimum atomic E-state index is 0.662. The number of halogens is 1. The number of nitrogens with zero attached hydrogens (tertiary/aromatic N) is 1. The summed E-state index contributed by atoms with van der Waals surface area (Å²) in [6, 6.07) is 11.7. The largest absolute Gasteiger partial charge is 0.493 e. The zero-order valence-electron chi connectivity index (χ0n) is 11.0. The summed E-state index contributed by atoms with van der Waals surface area (Å²) in [4.78, 5) is 4.30. The van der Waals surface area contributed by atoms with E-state index < -0.39 is 0 Å². The molecule has 1 aromatic carbocycles. The quantitative estimate of drug-likeness (QED) is 0.881. The zero-order valence-corrected chi connectivity index (χ0v) is 11.7. The molecule has 4 heteroatoms. The second-order valence-electron chi connectivity index (χ2n) is 4.20. The van der Waals surface area contributed by atoms with Gasteiger partial charge >= 0.3 is 0 Å². The molecule has 0 radical (unpaired) electrons. The van der Waals surface area contributed by atoms with E-state index in [4.69, 9.17) is 16.3 Å². The van der Waals surface area contributed by atoms with Gasteiger partial charge < -0.3 is 10.1 Å². The van der Waals surface area contributed by atoms with E-state index in [0.29, 0.717) is 6.61 Å². The van der Waals surface area contributed by atoms with Crippen LogP contribution < -0.4 is 10.1 Å². The average Bonchev–Trinajstić information content (AvgIpc) is 2.43. The number of hydrogen-bond donors (Lipinski definition) is 1. The summed E-state index contributed by atoms with van der Waals surface area (Å²) in [6.07, 6.45) is 1.81. The molecule has 0 amide bonds. The maximum atomic E-state index is 6.03. The Balaban J connectivity index is 1.96. The van der Waals surface area contributed by atoms with Crippen LogP contribution in [-0.2, 0) is 13.1 Å². The van der Waals surface area contributed by atoms with E-state index in [9.17, 15) is 0 Å². The molecule has 0 saturated carbocycles. The first-order chi connectivity index (χ1) is 9.29. The highest BCUT2D eigenvalue weighted by Crippen LogP contribution is 2.22. The highest BCUT2D eigenvalue weighted by Gasteiger charge is 2.06. The van der Waals surface area contributed by atoms with Crippen LogP contribution in [0.2, 0.25) is 5.02 Å². The van der Waals surface area contributed by atoms with Crippen molar-refractivity contribution in [2.45, 2.75) is 20.0 Å². The first-order valence-corrected chi connectivity index (χ1v) is 6.80. The number of nitrogens with two attached hydrogens (primary N) is 1. The molecule has 0 atom stereocenters. The topological polar surface area (TPSA) is 38.7 Å². The lowest BCUT2D eigenvalue weighted by Crippen LogP contribution is -2.80. The molecule has 0 unspecified atom stereocenters. The maximum Gasteiger partial charge on any atom is 0.128 e. The van der Waals surface area contributed by atoms with Crippen molar-refractivity contribution in [3.05, 3.63) is 58.9 Å². The van der Waals surface area contributed by atoms with Gasteiger partial charge in [0, 0.05) is 16.8 Å². The molecule has 0 bridgehead atoms. The van der Waals surface area contributed by atoms with Gasteiger partial charge in [-0.15, -0.1) is 0 Å². The van der Waals surface area contributed by atoms with Crippen LogP contribution in [0, 0.1) is 0 Å². The lowest BCUT2D eigenvalue weighted by atomic mass is 10.2. The van der Waals surface area contributed by atoms with Crippen LogP contribution in [-0.4, -0.2) is 11.6 Å². The Morgan fingerprint density at radius 2 is 2.11 bits per heavy atom. The Kier molecular flexibility index (Phi) is 5.19. The fourth-order valence-corrected chi connectivity index (χ4v) is 2.09. The van der Waals surface area contributed by atoms with Gasteiger partial charge in [0.1, 0.15) is 18.8 Å². The molecule has 1 aromatic heterocycles. The molecule has 0 aliphatic heterocycles. The molecule has 2 aromatic rings. The van der Waals surface area contributed by atoms with E-state index in [1.165, 1.54) is 0 Å². The van der Waals surface area contributed by atoms with E-state index in [1.807, 2.05) is 49.5 Å². The standard InChI is InChI=1S/C15H17ClN2O/c1-2-19-15-7-6-13(16)9-12(15)10-17-11-14-5-3-4-8-18-14/h3-9,17H,2,10-11H2,1H3/p+1. The second kappa shape index (κ2) is 7.12. The Labute approximate surface area is 118 Å². The lowest BCUT2D eigenvalue weighted by Gasteiger charge is -2.09. The zero-order chi connectivity index (χ0) is 13.5. The second-order valence-corrected chi connectivity index (χ2v) is 4.64. The van der Waals surface area contributed by atoms with Crippen LogP contribution in [0.3, 0.4) is 0 Å². The van der Waals surface area contributed by atoms with Crippen LogP contribution >= 0.6 is 11.6 Å². The number of aromatic nitrogens is 1. The molecule has 0 aliphatic rings. The first-order valence-electron chi connectivity index (χ1n) is 6.42. The highest BCUT2D eigenvalue weighted by molar-refractivity contribution is 6.30. The number of ether oxygens (including phenoxy) is 1. The summed E-state index contributed by atoms with van der Waals surface area (Å²) in [7, 11) is 0. The van der Waals surface area contributed by atoms with Crippen LogP contribution in [0.1, 0.15) is 18.2 Å². The number of rotatable bonds is 6. The predicted octanol–water partition coefficient (Wildman–Crippen LogP) is 2.40. The summed E-state index contributed by atoms with van der Waals surface area (Å²) < 4.78 is 5.60. The van der Waals surface area contributed by atoms with Crippen molar-refractivity contribution in [1.29, 1.82) is 0 Å². The van der Waals surface area contributed by atoms with Crippen LogP contribution in [0.25, 0.3) is 0 Å². The van der Waals surface area contributed by atoms with Gasteiger partial charge in [0.15, 0.2) is 0 Å². The van der Waals surface area contributed by atoms with Gasteiger partial charge in [0.25, 0.3) is 0 Å². The smallest absolute Gasteiger partial charge is 0.128 e. The van der Waals surface area contributed by atoms with E-state index in [1.54, 1.807) is 0 Å². The van der Waals surface area contributed by atoms with Crippen molar-refractivity contribution in [2.24, 2.45) is 0 Å². The van der Waals surface area contributed by atoms with Gasteiger partial charge in [-0.3, -0.25) is 4.98 Å². The first kappa shape index (κ1) is 13.8. The molecule has 19 heavy (non-hydrogen) atoms. The SMILES string of the molecule is CCOc1ccc(Cl)cc1C[NH2+]Cc1ccccn1. The third-order valence-corrected chi connectivity index (χ3v) is 3.00. The van der Waals surface area contributed by atoms with E-state index in [0.717, 1.165) is 35.1 Å². The number of pyridine rings is 1. The van der Waals surface area contributed by atoms with Gasteiger partial charge in [0.05, 0.1) is 12.3 Å². The molecule has 0 saturated heterocycles. The number of hydrogen-bond acceptors (Lipinski definition) is 2. The third-order valence-electron chi connectivity index (χ3n) is 2.77. The molecule has 100 valence electrons. The van der Waals surface area contributed by atoms with Gasteiger partial charge in [0.2, 0.25) is 0 Å². The summed E-state index contributed by atoms with van der Waals surface area (Å²) in [5.74, 6) is 0.907. The van der Waals surface area contributed by atoms with Gasteiger partial charge in [-0.1, -0.05) is 17.7 Å². The monoisotopic (exact) mass is 277 g/mol. The fourth-order valence-electron chi connectivity index (χ4n) is 1.90. The highest BCUT2D eigenvalue weighted by atomic mass is 35.5.